The minimum absolute atomic E-state index is 0.370. The van der Waals surface area contributed by atoms with Gasteiger partial charge in [-0.2, -0.15) is 5.10 Å². The lowest BCUT2D eigenvalue weighted by Gasteiger charge is -2.13. The van der Waals surface area contributed by atoms with Crippen LogP contribution in [0.25, 0.3) is 0 Å². The van der Waals surface area contributed by atoms with Crippen molar-refractivity contribution in [1.29, 1.82) is 0 Å². The molecule has 1 aliphatic carbocycles. The molecule has 4 nitrogen and oxygen atoms in total. The molecule has 4 heteroatoms. The van der Waals surface area contributed by atoms with Crippen LogP contribution in [0, 0.1) is 0 Å². The summed E-state index contributed by atoms with van der Waals surface area (Å²) < 4.78 is 1.84. The standard InChI is InChI=1S/C15H19N3O/c1-18-10-11(9-17-18)6-7-16-15-5-2-12-8-13(19)3-4-14(12)15/h3-4,8-10,15-16,19H,2,5-7H2,1H3. The van der Waals surface area contributed by atoms with Crippen molar-refractivity contribution in [2.24, 2.45) is 7.05 Å². The molecule has 0 amide bonds. The van der Waals surface area contributed by atoms with Gasteiger partial charge < -0.3 is 10.4 Å². The van der Waals surface area contributed by atoms with Gasteiger partial charge in [0.1, 0.15) is 5.75 Å². The molecule has 0 radical (unpaired) electrons. The predicted molar refractivity (Wildman–Crippen MR) is 74.1 cm³/mol. The van der Waals surface area contributed by atoms with E-state index in [1.54, 1.807) is 6.07 Å². The van der Waals surface area contributed by atoms with Gasteiger partial charge in [-0.05, 0) is 54.6 Å². The Morgan fingerprint density at radius 3 is 3.16 bits per heavy atom. The third-order valence-corrected chi connectivity index (χ3v) is 3.77. The Bertz CT molecular complexity index is 577. The van der Waals surface area contributed by atoms with Crippen molar-refractivity contribution in [3.8, 4) is 5.75 Å². The lowest BCUT2D eigenvalue weighted by molar-refractivity contribution is 0.474. The number of hydrogen-bond donors (Lipinski definition) is 2. The molecule has 0 saturated heterocycles. The Morgan fingerprint density at radius 2 is 2.37 bits per heavy atom. The fourth-order valence-electron chi connectivity index (χ4n) is 2.81. The lowest BCUT2D eigenvalue weighted by Crippen LogP contribution is -2.21. The molecule has 2 N–H and O–H groups in total. The molecule has 0 fully saturated rings. The van der Waals surface area contributed by atoms with E-state index >= 15 is 0 Å². The Balaban J connectivity index is 1.58. The highest BCUT2D eigenvalue weighted by molar-refractivity contribution is 5.40. The SMILES string of the molecule is Cn1cc(CCNC2CCc3cc(O)ccc32)cn1. The minimum atomic E-state index is 0.370. The zero-order valence-corrected chi connectivity index (χ0v) is 11.1. The van der Waals surface area contributed by atoms with E-state index in [0.717, 1.165) is 25.8 Å². The van der Waals surface area contributed by atoms with Gasteiger partial charge in [-0.3, -0.25) is 4.68 Å². The van der Waals surface area contributed by atoms with Crippen molar-refractivity contribution in [2.45, 2.75) is 25.3 Å². The third kappa shape index (κ3) is 2.63. The minimum Gasteiger partial charge on any atom is -0.508 e. The average molecular weight is 257 g/mol. The molecule has 2 aromatic rings. The van der Waals surface area contributed by atoms with Crippen LogP contribution >= 0.6 is 0 Å². The summed E-state index contributed by atoms with van der Waals surface area (Å²) in [6.07, 6.45) is 7.14. The molecule has 1 aromatic heterocycles. The number of nitrogens with zero attached hydrogens (tertiary/aromatic N) is 2. The molecule has 1 atom stereocenters. The average Bonchev–Trinajstić information content (AvgIpc) is 2.96. The van der Waals surface area contributed by atoms with Crippen molar-refractivity contribution < 1.29 is 5.11 Å². The van der Waals surface area contributed by atoms with Crippen LogP contribution in [-0.4, -0.2) is 21.4 Å². The third-order valence-electron chi connectivity index (χ3n) is 3.77. The largest absolute Gasteiger partial charge is 0.508 e. The second-order valence-electron chi connectivity index (χ2n) is 5.20. The highest BCUT2D eigenvalue weighted by Gasteiger charge is 2.21. The van der Waals surface area contributed by atoms with Gasteiger partial charge >= 0.3 is 0 Å². The number of aromatic hydroxyl groups is 1. The van der Waals surface area contributed by atoms with Gasteiger partial charge in [-0.1, -0.05) is 6.07 Å². The number of rotatable bonds is 4. The van der Waals surface area contributed by atoms with Crippen LogP contribution in [0.2, 0.25) is 0 Å². The van der Waals surface area contributed by atoms with Gasteiger partial charge in [-0.25, -0.2) is 0 Å². The highest BCUT2D eigenvalue weighted by atomic mass is 16.3. The molecule has 0 bridgehead atoms. The van der Waals surface area contributed by atoms with Crippen molar-refractivity contribution >= 4 is 0 Å². The van der Waals surface area contributed by atoms with E-state index in [4.69, 9.17) is 0 Å². The molecule has 0 aliphatic heterocycles. The predicted octanol–water partition coefficient (Wildman–Crippen LogP) is 1.95. The summed E-state index contributed by atoms with van der Waals surface area (Å²) in [5, 5.41) is 17.3. The number of phenolic OH excluding ortho intramolecular Hbond substituents is 1. The van der Waals surface area contributed by atoms with Crippen molar-refractivity contribution in [2.75, 3.05) is 6.54 Å². The molecule has 1 heterocycles. The van der Waals surface area contributed by atoms with Crippen LogP contribution in [0.1, 0.15) is 29.2 Å². The lowest BCUT2D eigenvalue weighted by atomic mass is 10.1. The van der Waals surface area contributed by atoms with E-state index in [0.29, 0.717) is 11.8 Å². The molecule has 1 aromatic carbocycles. The first-order chi connectivity index (χ1) is 9.22. The molecular weight excluding hydrogens is 238 g/mol. The Labute approximate surface area is 113 Å². The van der Waals surface area contributed by atoms with Gasteiger partial charge in [0.2, 0.25) is 0 Å². The first kappa shape index (κ1) is 12.2. The van der Waals surface area contributed by atoms with E-state index < -0.39 is 0 Å². The number of benzene rings is 1. The fraction of sp³-hybridized carbons (Fsp3) is 0.400. The fourth-order valence-corrected chi connectivity index (χ4v) is 2.81. The van der Waals surface area contributed by atoms with Crippen LogP contribution in [-0.2, 0) is 19.9 Å². The van der Waals surface area contributed by atoms with Crippen molar-refractivity contribution in [3.63, 3.8) is 0 Å². The van der Waals surface area contributed by atoms with E-state index in [2.05, 4.69) is 16.6 Å². The van der Waals surface area contributed by atoms with Crippen LogP contribution < -0.4 is 5.32 Å². The Hall–Kier alpha value is -1.81. The maximum Gasteiger partial charge on any atom is 0.115 e. The van der Waals surface area contributed by atoms with Crippen LogP contribution in [0.4, 0.5) is 0 Å². The molecule has 1 unspecified atom stereocenters. The van der Waals surface area contributed by atoms with Crippen LogP contribution in [0.3, 0.4) is 0 Å². The maximum absolute atomic E-state index is 9.48. The summed E-state index contributed by atoms with van der Waals surface area (Å²) in [5.74, 6) is 0.370. The molecule has 1 aliphatic rings. The monoisotopic (exact) mass is 257 g/mol. The smallest absolute Gasteiger partial charge is 0.115 e. The highest BCUT2D eigenvalue weighted by Crippen LogP contribution is 2.33. The Kier molecular flexibility index (Phi) is 3.25. The first-order valence-corrected chi connectivity index (χ1v) is 6.75. The van der Waals surface area contributed by atoms with Crippen LogP contribution in [0.15, 0.2) is 30.6 Å². The van der Waals surface area contributed by atoms with E-state index in [9.17, 15) is 5.11 Å². The maximum atomic E-state index is 9.48. The molecule has 3 rings (SSSR count). The second-order valence-corrected chi connectivity index (χ2v) is 5.20. The van der Waals surface area contributed by atoms with Crippen molar-refractivity contribution in [3.05, 3.63) is 47.3 Å². The van der Waals surface area contributed by atoms with E-state index in [1.165, 1.54) is 16.7 Å². The summed E-state index contributed by atoms with van der Waals surface area (Å²) >= 11 is 0. The quantitative estimate of drug-likeness (QED) is 0.880. The van der Waals surface area contributed by atoms with Gasteiger partial charge in [0.25, 0.3) is 0 Å². The van der Waals surface area contributed by atoms with Gasteiger partial charge in [0.15, 0.2) is 0 Å². The zero-order valence-electron chi connectivity index (χ0n) is 11.1. The number of fused-ring (bicyclic) bond motifs is 1. The van der Waals surface area contributed by atoms with Gasteiger partial charge in [-0.15, -0.1) is 0 Å². The summed E-state index contributed by atoms with van der Waals surface area (Å²) in [6, 6.07) is 6.13. The Morgan fingerprint density at radius 1 is 1.47 bits per heavy atom. The molecular formula is C15H19N3O. The number of phenols is 1. The number of nitrogens with one attached hydrogen (secondary N) is 1. The van der Waals surface area contributed by atoms with Gasteiger partial charge in [0.05, 0.1) is 6.20 Å². The van der Waals surface area contributed by atoms with Crippen molar-refractivity contribution in [1.82, 2.24) is 15.1 Å². The normalized spacial score (nSPS) is 17.6. The summed E-state index contributed by atoms with van der Waals surface area (Å²) in [5.41, 5.74) is 3.88. The second kappa shape index (κ2) is 5.05. The molecule has 0 spiro atoms. The molecule has 19 heavy (non-hydrogen) atoms. The zero-order chi connectivity index (χ0) is 13.2. The molecule has 100 valence electrons. The van der Waals surface area contributed by atoms with E-state index in [-0.39, 0.29) is 0 Å². The first-order valence-electron chi connectivity index (χ1n) is 6.75. The number of hydrogen-bond acceptors (Lipinski definition) is 3. The number of aromatic nitrogens is 2. The summed E-state index contributed by atoms with van der Waals surface area (Å²) in [7, 11) is 1.94. The topological polar surface area (TPSA) is 50.1 Å². The summed E-state index contributed by atoms with van der Waals surface area (Å²) in [6.45, 7) is 0.955. The van der Waals surface area contributed by atoms with Crippen LogP contribution in [0.5, 0.6) is 5.75 Å². The summed E-state index contributed by atoms with van der Waals surface area (Å²) in [4.78, 5) is 0. The molecule has 0 saturated carbocycles. The van der Waals surface area contributed by atoms with E-state index in [1.807, 2.05) is 30.1 Å². The number of aryl methyl sites for hydroxylation is 2. The van der Waals surface area contributed by atoms with Gasteiger partial charge in [0, 0.05) is 19.3 Å².